The summed E-state index contributed by atoms with van der Waals surface area (Å²) >= 11 is 0. The highest BCUT2D eigenvalue weighted by atomic mass is 19.4. The average Bonchev–Trinajstić information content (AvgIpc) is 2.26. The summed E-state index contributed by atoms with van der Waals surface area (Å²) in [6.45, 7) is 3.72. The van der Waals surface area contributed by atoms with Gasteiger partial charge in [-0.05, 0) is 30.5 Å². The molecule has 0 amide bonds. The molecule has 0 atom stereocenters. The van der Waals surface area contributed by atoms with E-state index in [1.165, 1.54) is 6.07 Å². The van der Waals surface area contributed by atoms with Gasteiger partial charge in [0, 0.05) is 13.1 Å². The van der Waals surface area contributed by atoms with Crippen LogP contribution in [0.2, 0.25) is 0 Å². The van der Waals surface area contributed by atoms with Crippen molar-refractivity contribution in [2.24, 2.45) is 5.92 Å². The summed E-state index contributed by atoms with van der Waals surface area (Å²) in [6.07, 6.45) is -3.34. The average molecular weight is 254 g/mol. The molecule has 0 radical (unpaired) electrons. The number of nitriles is 1. The lowest BCUT2D eigenvalue weighted by molar-refractivity contribution is -0.137. The van der Waals surface area contributed by atoms with Crippen LogP contribution in [0.3, 0.4) is 0 Å². The van der Waals surface area contributed by atoms with Gasteiger partial charge in [0.25, 0.3) is 0 Å². The van der Waals surface area contributed by atoms with Crippen molar-refractivity contribution in [2.45, 2.75) is 19.5 Å². The monoisotopic (exact) mass is 254 g/mol. The number of benzene rings is 1. The topological polar surface area (TPSA) is 27.0 Å². The second-order valence-corrected chi connectivity index (χ2v) is 4.52. The number of hydrogen-bond acceptors (Lipinski definition) is 2. The molecule has 0 spiro atoms. The molecule has 1 fully saturated rings. The van der Waals surface area contributed by atoms with Crippen LogP contribution in [0.5, 0.6) is 0 Å². The maximum absolute atomic E-state index is 12.5. The minimum absolute atomic E-state index is 0.0966. The van der Waals surface area contributed by atoms with Gasteiger partial charge in [0.15, 0.2) is 0 Å². The second kappa shape index (κ2) is 4.52. The van der Waals surface area contributed by atoms with Crippen LogP contribution in [-0.2, 0) is 6.18 Å². The van der Waals surface area contributed by atoms with E-state index in [9.17, 15) is 13.2 Å². The zero-order chi connectivity index (χ0) is 13.3. The highest BCUT2D eigenvalue weighted by molar-refractivity contribution is 5.62. The second-order valence-electron chi connectivity index (χ2n) is 4.52. The molecule has 96 valence electrons. The molecule has 0 N–H and O–H groups in total. The molecule has 0 bridgehead atoms. The largest absolute Gasteiger partial charge is 0.416 e. The van der Waals surface area contributed by atoms with Crippen LogP contribution < -0.4 is 4.90 Å². The van der Waals surface area contributed by atoms with Crippen LogP contribution in [0.1, 0.15) is 24.5 Å². The van der Waals surface area contributed by atoms with Crippen molar-refractivity contribution in [3.05, 3.63) is 29.3 Å². The summed E-state index contributed by atoms with van der Waals surface area (Å²) in [5, 5.41) is 8.96. The fourth-order valence-electron chi connectivity index (χ4n) is 2.10. The first kappa shape index (κ1) is 12.7. The highest BCUT2D eigenvalue weighted by Crippen LogP contribution is 2.35. The Bertz CT molecular complexity index is 482. The number of anilines is 1. The van der Waals surface area contributed by atoms with Crippen molar-refractivity contribution in [3.63, 3.8) is 0 Å². The summed E-state index contributed by atoms with van der Waals surface area (Å²) in [5.41, 5.74) is -0.0649. The minimum atomic E-state index is -4.40. The molecular weight excluding hydrogens is 241 g/mol. The van der Waals surface area contributed by atoms with Crippen molar-refractivity contribution in [1.29, 1.82) is 5.26 Å². The molecular formula is C13H13F3N2. The zero-order valence-corrected chi connectivity index (χ0v) is 9.96. The van der Waals surface area contributed by atoms with Crippen molar-refractivity contribution >= 4 is 5.69 Å². The number of hydrogen-bond donors (Lipinski definition) is 0. The first-order chi connectivity index (χ1) is 8.45. The maximum atomic E-state index is 12.5. The van der Waals surface area contributed by atoms with E-state index in [1.54, 1.807) is 0 Å². The Kier molecular flexibility index (Phi) is 3.20. The van der Waals surface area contributed by atoms with Gasteiger partial charge in [-0.3, -0.25) is 0 Å². The third kappa shape index (κ3) is 2.28. The van der Waals surface area contributed by atoms with Gasteiger partial charge in [0.05, 0.1) is 16.8 Å². The normalized spacial score (nSPS) is 16.3. The van der Waals surface area contributed by atoms with Gasteiger partial charge in [0.2, 0.25) is 0 Å². The quantitative estimate of drug-likeness (QED) is 0.808. The van der Waals surface area contributed by atoms with Gasteiger partial charge in [-0.1, -0.05) is 6.92 Å². The van der Waals surface area contributed by atoms with Crippen LogP contribution >= 0.6 is 0 Å². The van der Waals surface area contributed by atoms with E-state index in [1.807, 2.05) is 11.0 Å². The maximum Gasteiger partial charge on any atom is 0.416 e. The molecule has 1 aliphatic heterocycles. The highest BCUT2D eigenvalue weighted by Gasteiger charge is 2.33. The third-order valence-electron chi connectivity index (χ3n) is 3.32. The molecule has 1 aromatic rings. The molecule has 1 saturated heterocycles. The minimum Gasteiger partial charge on any atom is -0.370 e. The molecule has 5 heteroatoms. The van der Waals surface area contributed by atoms with E-state index >= 15 is 0 Å². The van der Waals surface area contributed by atoms with Crippen LogP contribution in [0.15, 0.2) is 18.2 Å². The molecule has 2 rings (SSSR count). The summed E-state index contributed by atoms with van der Waals surface area (Å²) in [4.78, 5) is 1.95. The summed E-state index contributed by atoms with van der Waals surface area (Å²) in [5.74, 6) is 0.582. The van der Waals surface area contributed by atoms with Gasteiger partial charge in [-0.15, -0.1) is 0 Å². The molecule has 18 heavy (non-hydrogen) atoms. The first-order valence-corrected chi connectivity index (χ1v) is 5.82. The lowest BCUT2D eigenvalue weighted by Crippen LogP contribution is -2.46. The lowest BCUT2D eigenvalue weighted by Gasteiger charge is -2.41. The molecule has 2 nitrogen and oxygen atoms in total. The van der Waals surface area contributed by atoms with E-state index in [0.29, 0.717) is 11.6 Å². The van der Waals surface area contributed by atoms with Gasteiger partial charge in [-0.25, -0.2) is 0 Å². The van der Waals surface area contributed by atoms with E-state index in [2.05, 4.69) is 6.92 Å². The molecule has 0 aromatic heterocycles. The van der Waals surface area contributed by atoms with E-state index in [4.69, 9.17) is 5.26 Å². The Hall–Kier alpha value is -1.70. The Balaban J connectivity index is 2.26. The van der Waals surface area contributed by atoms with Crippen molar-refractivity contribution in [2.75, 3.05) is 18.0 Å². The number of halogens is 3. The fourth-order valence-corrected chi connectivity index (χ4v) is 2.10. The van der Waals surface area contributed by atoms with Crippen LogP contribution in [-0.4, -0.2) is 13.1 Å². The standard InChI is InChI=1S/C13H13F3N2/c1-2-9-7-18(8-9)12-4-3-11(13(14,15)16)5-10(12)6-17/h3-5,9H,2,7-8H2,1H3. The zero-order valence-electron chi connectivity index (χ0n) is 9.96. The molecule has 0 aliphatic carbocycles. The van der Waals surface area contributed by atoms with E-state index < -0.39 is 11.7 Å². The summed E-state index contributed by atoms with van der Waals surface area (Å²) in [7, 11) is 0. The van der Waals surface area contributed by atoms with Crippen molar-refractivity contribution in [3.8, 4) is 6.07 Å². The molecule has 1 heterocycles. The molecule has 1 aliphatic rings. The SMILES string of the molecule is CCC1CN(c2ccc(C(F)(F)F)cc2C#N)C1. The Morgan fingerprint density at radius 2 is 2.06 bits per heavy atom. The van der Waals surface area contributed by atoms with Gasteiger partial charge in [0.1, 0.15) is 6.07 Å². The van der Waals surface area contributed by atoms with Crippen LogP contribution in [0, 0.1) is 17.2 Å². The fraction of sp³-hybridized carbons (Fsp3) is 0.462. The van der Waals surface area contributed by atoms with Crippen LogP contribution in [0.25, 0.3) is 0 Å². The van der Waals surface area contributed by atoms with E-state index in [-0.39, 0.29) is 5.56 Å². The molecule has 0 unspecified atom stereocenters. The predicted octanol–water partition coefficient (Wildman–Crippen LogP) is 3.42. The third-order valence-corrected chi connectivity index (χ3v) is 3.32. The van der Waals surface area contributed by atoms with Gasteiger partial charge < -0.3 is 4.90 Å². The van der Waals surface area contributed by atoms with E-state index in [0.717, 1.165) is 31.6 Å². The Labute approximate surface area is 104 Å². The lowest BCUT2D eigenvalue weighted by atomic mass is 9.95. The van der Waals surface area contributed by atoms with Crippen molar-refractivity contribution < 1.29 is 13.2 Å². The smallest absolute Gasteiger partial charge is 0.370 e. The first-order valence-electron chi connectivity index (χ1n) is 5.82. The van der Waals surface area contributed by atoms with Gasteiger partial charge in [-0.2, -0.15) is 18.4 Å². The van der Waals surface area contributed by atoms with Crippen molar-refractivity contribution in [1.82, 2.24) is 0 Å². The number of alkyl halides is 3. The Morgan fingerprint density at radius 3 is 2.56 bits per heavy atom. The molecule has 0 saturated carbocycles. The molecule has 1 aromatic carbocycles. The summed E-state index contributed by atoms with van der Waals surface area (Å²) < 4.78 is 37.6. The summed E-state index contributed by atoms with van der Waals surface area (Å²) in [6, 6.07) is 5.21. The predicted molar refractivity (Wildman–Crippen MR) is 62.2 cm³/mol. The van der Waals surface area contributed by atoms with Crippen LogP contribution in [0.4, 0.5) is 18.9 Å². The number of nitrogens with zero attached hydrogens (tertiary/aromatic N) is 2. The Morgan fingerprint density at radius 1 is 1.39 bits per heavy atom. The van der Waals surface area contributed by atoms with Gasteiger partial charge >= 0.3 is 6.18 Å². The number of rotatable bonds is 2.